The van der Waals surface area contributed by atoms with Crippen LogP contribution in [0.1, 0.15) is 34.1 Å². The van der Waals surface area contributed by atoms with Crippen LogP contribution in [0.15, 0.2) is 48.5 Å². The second-order valence-electron chi connectivity index (χ2n) is 6.40. The molecule has 0 atom stereocenters. The van der Waals surface area contributed by atoms with E-state index in [2.05, 4.69) is 46.6 Å². The van der Waals surface area contributed by atoms with Gasteiger partial charge in [0.15, 0.2) is 5.78 Å². The molecule has 0 saturated carbocycles. The van der Waals surface area contributed by atoms with Gasteiger partial charge >= 0.3 is 0 Å². The smallest absolute Gasteiger partial charge is 0.229 e. The lowest BCUT2D eigenvalue weighted by Crippen LogP contribution is -2.03. The Balaban J connectivity index is 1.84. The molecule has 0 amide bonds. The fourth-order valence-corrected chi connectivity index (χ4v) is 2.60. The minimum absolute atomic E-state index is 0.0321. The lowest BCUT2D eigenvalue weighted by Gasteiger charge is -2.11. The summed E-state index contributed by atoms with van der Waals surface area (Å²) in [7, 11) is 0. The van der Waals surface area contributed by atoms with E-state index in [1.165, 1.54) is 11.1 Å². The molecule has 1 aromatic heterocycles. The number of aryl methyl sites for hydroxylation is 3. The molecule has 3 aromatic rings. The Morgan fingerprint density at radius 1 is 0.846 bits per heavy atom. The van der Waals surface area contributed by atoms with E-state index in [1.807, 2.05) is 37.3 Å². The highest BCUT2D eigenvalue weighted by atomic mass is 16.1. The van der Waals surface area contributed by atoms with Crippen molar-refractivity contribution >= 4 is 28.9 Å². The Labute approximate surface area is 153 Å². The van der Waals surface area contributed by atoms with Crippen molar-refractivity contribution in [1.82, 2.24) is 9.97 Å². The molecule has 0 aliphatic carbocycles. The van der Waals surface area contributed by atoms with Gasteiger partial charge in [-0.3, -0.25) is 4.79 Å². The number of benzene rings is 2. The van der Waals surface area contributed by atoms with Crippen LogP contribution in [0, 0.1) is 20.8 Å². The van der Waals surface area contributed by atoms with Crippen LogP contribution in [0.5, 0.6) is 0 Å². The molecule has 0 aliphatic heterocycles. The summed E-state index contributed by atoms with van der Waals surface area (Å²) >= 11 is 0. The quantitative estimate of drug-likeness (QED) is 0.630. The summed E-state index contributed by atoms with van der Waals surface area (Å²) in [6.07, 6.45) is 0. The molecule has 132 valence electrons. The number of carbonyl (C=O) groups is 1. The summed E-state index contributed by atoms with van der Waals surface area (Å²) in [4.78, 5) is 20.5. The zero-order chi connectivity index (χ0) is 18.7. The van der Waals surface area contributed by atoms with Gasteiger partial charge < -0.3 is 10.6 Å². The molecule has 0 aliphatic rings. The number of nitrogens with zero attached hydrogens (tertiary/aromatic N) is 2. The Hall–Kier alpha value is -3.21. The normalized spacial score (nSPS) is 10.5. The first-order valence-corrected chi connectivity index (χ1v) is 8.49. The highest BCUT2D eigenvalue weighted by Crippen LogP contribution is 2.21. The largest absolute Gasteiger partial charge is 0.340 e. The minimum atomic E-state index is 0.0321. The molecule has 3 rings (SSSR count). The van der Waals surface area contributed by atoms with Crippen molar-refractivity contribution < 1.29 is 4.79 Å². The third kappa shape index (κ3) is 4.25. The van der Waals surface area contributed by atoms with Crippen molar-refractivity contribution in [2.45, 2.75) is 27.7 Å². The van der Waals surface area contributed by atoms with Crippen molar-refractivity contribution in [3.05, 3.63) is 70.9 Å². The van der Waals surface area contributed by atoms with Crippen molar-refractivity contribution in [3.8, 4) is 0 Å². The molecule has 5 nitrogen and oxygen atoms in total. The number of nitrogens with one attached hydrogen (secondary N) is 2. The predicted molar refractivity (Wildman–Crippen MR) is 106 cm³/mol. The molecular formula is C21H22N4O. The third-order valence-electron chi connectivity index (χ3n) is 4.16. The lowest BCUT2D eigenvalue weighted by atomic mass is 10.1. The Morgan fingerprint density at radius 3 is 2.35 bits per heavy atom. The summed E-state index contributed by atoms with van der Waals surface area (Å²) in [6, 6.07) is 15.4. The number of rotatable bonds is 5. The van der Waals surface area contributed by atoms with Crippen molar-refractivity contribution in [1.29, 1.82) is 0 Å². The van der Waals surface area contributed by atoms with Crippen molar-refractivity contribution in [3.63, 3.8) is 0 Å². The van der Waals surface area contributed by atoms with Crippen LogP contribution in [0.4, 0.5) is 23.1 Å². The number of Topliss-reactive ketones (excluding diaryl/α,β-unsaturated/α-hetero) is 1. The molecule has 2 aromatic carbocycles. The fourth-order valence-electron chi connectivity index (χ4n) is 2.60. The summed E-state index contributed by atoms with van der Waals surface area (Å²) in [5.41, 5.74) is 5.72. The molecule has 2 N–H and O–H groups in total. The van der Waals surface area contributed by atoms with E-state index in [1.54, 1.807) is 13.0 Å². The summed E-state index contributed by atoms with van der Waals surface area (Å²) in [6.45, 7) is 7.63. The van der Waals surface area contributed by atoms with E-state index in [0.717, 1.165) is 17.1 Å². The number of anilines is 4. The Kier molecular flexibility index (Phi) is 4.98. The average molecular weight is 346 g/mol. The number of aromatic nitrogens is 2. The number of ketones is 1. The van der Waals surface area contributed by atoms with E-state index < -0.39 is 0 Å². The van der Waals surface area contributed by atoms with Crippen LogP contribution in [-0.4, -0.2) is 15.8 Å². The van der Waals surface area contributed by atoms with E-state index in [4.69, 9.17) is 0 Å². The summed E-state index contributed by atoms with van der Waals surface area (Å²) in [5.74, 6) is 1.23. The van der Waals surface area contributed by atoms with Crippen LogP contribution >= 0.6 is 0 Å². The van der Waals surface area contributed by atoms with Gasteiger partial charge in [0.25, 0.3) is 0 Å². The van der Waals surface area contributed by atoms with Gasteiger partial charge in [-0.2, -0.15) is 4.98 Å². The van der Waals surface area contributed by atoms with Crippen LogP contribution in [0.2, 0.25) is 0 Å². The molecule has 0 spiro atoms. The van der Waals surface area contributed by atoms with Gasteiger partial charge in [0, 0.05) is 28.7 Å². The lowest BCUT2D eigenvalue weighted by molar-refractivity contribution is 0.101. The topological polar surface area (TPSA) is 66.9 Å². The van der Waals surface area contributed by atoms with Gasteiger partial charge in [0.2, 0.25) is 5.95 Å². The molecule has 0 unspecified atom stereocenters. The molecule has 0 radical (unpaired) electrons. The van der Waals surface area contributed by atoms with Gasteiger partial charge in [-0.1, -0.05) is 18.2 Å². The monoisotopic (exact) mass is 346 g/mol. The maximum atomic E-state index is 11.5. The summed E-state index contributed by atoms with van der Waals surface area (Å²) < 4.78 is 0. The fraction of sp³-hybridized carbons (Fsp3) is 0.190. The molecule has 0 saturated heterocycles. The maximum absolute atomic E-state index is 11.5. The zero-order valence-corrected chi connectivity index (χ0v) is 15.4. The minimum Gasteiger partial charge on any atom is -0.340 e. The van der Waals surface area contributed by atoms with Crippen molar-refractivity contribution in [2.75, 3.05) is 10.6 Å². The van der Waals surface area contributed by atoms with E-state index >= 15 is 0 Å². The number of hydrogen-bond acceptors (Lipinski definition) is 5. The van der Waals surface area contributed by atoms with E-state index in [9.17, 15) is 4.79 Å². The SMILES string of the molecule is CC(=O)c1cccc(Nc2cc(C)nc(Nc3ccc(C)c(C)c3)n2)c1. The number of carbonyl (C=O) groups excluding carboxylic acids is 1. The summed E-state index contributed by atoms with van der Waals surface area (Å²) in [5, 5.41) is 6.50. The first-order chi connectivity index (χ1) is 12.4. The highest BCUT2D eigenvalue weighted by Gasteiger charge is 2.06. The van der Waals surface area contributed by atoms with Gasteiger partial charge in [-0.05, 0) is 63.1 Å². The second-order valence-corrected chi connectivity index (χ2v) is 6.40. The van der Waals surface area contributed by atoms with Gasteiger partial charge in [-0.15, -0.1) is 0 Å². The van der Waals surface area contributed by atoms with Gasteiger partial charge in [0.1, 0.15) is 5.82 Å². The Morgan fingerprint density at radius 2 is 1.62 bits per heavy atom. The molecule has 1 heterocycles. The van der Waals surface area contributed by atoms with Crippen LogP contribution in [-0.2, 0) is 0 Å². The van der Waals surface area contributed by atoms with Crippen LogP contribution < -0.4 is 10.6 Å². The average Bonchev–Trinajstić information content (AvgIpc) is 2.58. The molecule has 0 bridgehead atoms. The molecule has 5 heteroatoms. The molecular weight excluding hydrogens is 324 g/mol. The molecule has 0 fully saturated rings. The predicted octanol–water partition coefficient (Wildman–Crippen LogP) is 5.09. The Bertz CT molecular complexity index is 966. The van der Waals surface area contributed by atoms with Crippen molar-refractivity contribution in [2.24, 2.45) is 0 Å². The first kappa shape index (κ1) is 17.6. The van der Waals surface area contributed by atoms with Gasteiger partial charge in [0.05, 0.1) is 0 Å². The zero-order valence-electron chi connectivity index (χ0n) is 15.4. The number of hydrogen-bond donors (Lipinski definition) is 2. The maximum Gasteiger partial charge on any atom is 0.229 e. The first-order valence-electron chi connectivity index (χ1n) is 8.49. The highest BCUT2D eigenvalue weighted by molar-refractivity contribution is 5.95. The second kappa shape index (κ2) is 7.35. The van der Waals surface area contributed by atoms with Crippen LogP contribution in [0.3, 0.4) is 0 Å². The van der Waals surface area contributed by atoms with Gasteiger partial charge in [-0.25, -0.2) is 4.98 Å². The molecule has 26 heavy (non-hydrogen) atoms. The van der Waals surface area contributed by atoms with Crippen LogP contribution in [0.25, 0.3) is 0 Å². The standard InChI is InChI=1S/C21H22N4O/c1-13-8-9-19(10-14(13)2)24-21-22-15(3)11-20(25-21)23-18-7-5-6-17(12-18)16(4)26/h5-12H,1-4H3,(H2,22,23,24,25). The third-order valence-corrected chi connectivity index (χ3v) is 4.16. The van der Waals surface area contributed by atoms with E-state index in [-0.39, 0.29) is 5.78 Å². The van der Waals surface area contributed by atoms with E-state index in [0.29, 0.717) is 17.3 Å².